The van der Waals surface area contributed by atoms with Gasteiger partial charge in [-0.15, -0.1) is 0 Å². The van der Waals surface area contributed by atoms with Gasteiger partial charge in [-0.1, -0.05) is 27.7 Å². The van der Waals surface area contributed by atoms with Crippen LogP contribution in [-0.4, -0.2) is 29.7 Å². The van der Waals surface area contributed by atoms with Gasteiger partial charge in [0.25, 0.3) is 0 Å². The van der Waals surface area contributed by atoms with Gasteiger partial charge in [0, 0.05) is 6.04 Å². The van der Waals surface area contributed by atoms with Gasteiger partial charge in [-0.25, -0.2) is 9.59 Å². The van der Waals surface area contributed by atoms with Crippen LogP contribution in [0.5, 0.6) is 0 Å². The summed E-state index contributed by atoms with van der Waals surface area (Å²) < 4.78 is 5.33. The Labute approximate surface area is 122 Å². The van der Waals surface area contributed by atoms with Crippen molar-refractivity contribution >= 4 is 12.0 Å². The molecule has 0 fully saturated rings. The second-order valence-corrected chi connectivity index (χ2v) is 6.91. The average molecular weight is 286 g/mol. The van der Waals surface area contributed by atoms with E-state index in [9.17, 15) is 9.59 Å². The zero-order chi connectivity index (χ0) is 16.1. The van der Waals surface area contributed by atoms with Crippen molar-refractivity contribution in [3.8, 4) is 0 Å². The SMILES string of the molecule is CC(C)C(C)NC(=O)NC(C(=O)OC(C)(C)C)C(C)C. The van der Waals surface area contributed by atoms with Gasteiger partial charge >= 0.3 is 12.0 Å². The largest absolute Gasteiger partial charge is 0.458 e. The van der Waals surface area contributed by atoms with E-state index in [1.54, 1.807) is 0 Å². The number of urea groups is 1. The van der Waals surface area contributed by atoms with Gasteiger partial charge in [-0.05, 0) is 39.5 Å². The summed E-state index contributed by atoms with van der Waals surface area (Å²) in [5, 5.41) is 5.52. The third-order valence-corrected chi connectivity index (χ3v) is 2.97. The predicted octanol–water partition coefficient (Wildman–Crippen LogP) is 2.70. The van der Waals surface area contributed by atoms with Crippen LogP contribution in [0.3, 0.4) is 0 Å². The number of esters is 1. The summed E-state index contributed by atoms with van der Waals surface area (Å²) in [7, 11) is 0. The molecule has 5 heteroatoms. The molecule has 0 heterocycles. The fraction of sp³-hybridized carbons (Fsp3) is 0.867. The molecule has 0 radical (unpaired) electrons. The van der Waals surface area contributed by atoms with Crippen LogP contribution >= 0.6 is 0 Å². The van der Waals surface area contributed by atoms with Crippen molar-refractivity contribution in [2.45, 2.75) is 73.1 Å². The van der Waals surface area contributed by atoms with Gasteiger partial charge in [0.15, 0.2) is 0 Å². The van der Waals surface area contributed by atoms with Crippen LogP contribution in [0.15, 0.2) is 0 Å². The van der Waals surface area contributed by atoms with E-state index in [0.717, 1.165) is 0 Å². The average Bonchev–Trinajstić information content (AvgIpc) is 2.22. The van der Waals surface area contributed by atoms with Crippen molar-refractivity contribution in [2.24, 2.45) is 11.8 Å². The first-order valence-corrected chi connectivity index (χ1v) is 7.24. The summed E-state index contributed by atoms with van der Waals surface area (Å²) in [5.41, 5.74) is -0.562. The van der Waals surface area contributed by atoms with Crippen molar-refractivity contribution in [1.82, 2.24) is 10.6 Å². The van der Waals surface area contributed by atoms with E-state index in [1.807, 2.05) is 55.4 Å². The van der Waals surface area contributed by atoms with Crippen LogP contribution in [0, 0.1) is 11.8 Å². The Morgan fingerprint density at radius 2 is 1.40 bits per heavy atom. The van der Waals surface area contributed by atoms with Crippen LogP contribution < -0.4 is 10.6 Å². The maximum absolute atomic E-state index is 12.1. The molecule has 0 aliphatic carbocycles. The van der Waals surface area contributed by atoms with E-state index in [4.69, 9.17) is 4.74 Å². The van der Waals surface area contributed by atoms with Gasteiger partial charge in [0.2, 0.25) is 0 Å². The first-order chi connectivity index (χ1) is 8.94. The summed E-state index contributed by atoms with van der Waals surface area (Å²) >= 11 is 0. The van der Waals surface area contributed by atoms with Crippen LogP contribution in [0.4, 0.5) is 4.79 Å². The highest BCUT2D eigenvalue weighted by molar-refractivity contribution is 5.84. The zero-order valence-electron chi connectivity index (χ0n) is 14.0. The van der Waals surface area contributed by atoms with Crippen molar-refractivity contribution in [3.63, 3.8) is 0 Å². The normalized spacial score (nSPS) is 14.9. The molecule has 2 N–H and O–H groups in total. The van der Waals surface area contributed by atoms with Crippen LogP contribution in [-0.2, 0) is 9.53 Å². The Balaban J connectivity index is 4.63. The van der Waals surface area contributed by atoms with Crippen LogP contribution in [0.2, 0.25) is 0 Å². The Hall–Kier alpha value is -1.26. The third-order valence-electron chi connectivity index (χ3n) is 2.97. The molecule has 0 aromatic heterocycles. The minimum Gasteiger partial charge on any atom is -0.458 e. The van der Waals surface area contributed by atoms with E-state index >= 15 is 0 Å². The Bertz CT molecular complexity index is 333. The van der Waals surface area contributed by atoms with Gasteiger partial charge in [0.05, 0.1) is 0 Å². The first kappa shape index (κ1) is 18.7. The molecule has 118 valence electrons. The summed E-state index contributed by atoms with van der Waals surface area (Å²) in [6, 6.07) is -0.939. The van der Waals surface area contributed by atoms with Crippen molar-refractivity contribution in [2.75, 3.05) is 0 Å². The zero-order valence-corrected chi connectivity index (χ0v) is 14.0. The second kappa shape index (κ2) is 7.50. The quantitative estimate of drug-likeness (QED) is 0.764. The molecule has 0 aliphatic heterocycles. The molecule has 0 aromatic carbocycles. The summed E-state index contributed by atoms with van der Waals surface area (Å²) in [6.45, 7) is 15.2. The van der Waals surface area contributed by atoms with Crippen LogP contribution in [0.1, 0.15) is 55.4 Å². The highest BCUT2D eigenvalue weighted by Crippen LogP contribution is 2.12. The molecule has 20 heavy (non-hydrogen) atoms. The molecule has 0 spiro atoms. The lowest BCUT2D eigenvalue weighted by atomic mass is 10.0. The van der Waals surface area contributed by atoms with Gasteiger partial charge in [-0.2, -0.15) is 0 Å². The van der Waals surface area contributed by atoms with Crippen molar-refractivity contribution in [1.29, 1.82) is 0 Å². The Kier molecular flexibility index (Phi) is 7.03. The molecule has 0 bridgehead atoms. The maximum atomic E-state index is 12.1. The summed E-state index contributed by atoms with van der Waals surface area (Å²) in [6.07, 6.45) is 0. The second-order valence-electron chi connectivity index (χ2n) is 6.91. The Morgan fingerprint density at radius 1 is 0.900 bits per heavy atom. The molecular formula is C15H30N2O3. The van der Waals surface area contributed by atoms with Crippen molar-refractivity contribution < 1.29 is 14.3 Å². The van der Waals surface area contributed by atoms with Crippen molar-refractivity contribution in [3.05, 3.63) is 0 Å². The lowest BCUT2D eigenvalue weighted by Gasteiger charge is -2.27. The molecule has 5 nitrogen and oxygen atoms in total. The number of rotatable bonds is 5. The summed E-state index contributed by atoms with van der Waals surface area (Å²) in [4.78, 5) is 24.0. The molecular weight excluding hydrogens is 256 g/mol. The maximum Gasteiger partial charge on any atom is 0.329 e. The van der Waals surface area contributed by atoms with E-state index in [-0.39, 0.29) is 18.0 Å². The molecule has 2 atom stereocenters. The number of nitrogens with one attached hydrogen (secondary N) is 2. The number of amides is 2. The fourth-order valence-corrected chi connectivity index (χ4v) is 1.42. The third kappa shape index (κ3) is 7.36. The van der Waals surface area contributed by atoms with E-state index in [2.05, 4.69) is 10.6 Å². The van der Waals surface area contributed by atoms with Crippen LogP contribution in [0.25, 0.3) is 0 Å². The minimum atomic E-state index is -0.645. The first-order valence-electron chi connectivity index (χ1n) is 7.24. The number of hydrogen-bond donors (Lipinski definition) is 2. The smallest absolute Gasteiger partial charge is 0.329 e. The number of hydrogen-bond acceptors (Lipinski definition) is 3. The minimum absolute atomic E-state index is 0.0371. The molecule has 0 saturated carbocycles. The molecule has 0 rings (SSSR count). The standard InChI is InChI=1S/C15H30N2O3/c1-9(2)11(5)16-14(19)17-12(10(3)4)13(18)20-15(6,7)8/h9-12H,1-8H3,(H2,16,17,19). The molecule has 0 aliphatic rings. The van der Waals surface area contributed by atoms with E-state index in [0.29, 0.717) is 5.92 Å². The highest BCUT2D eigenvalue weighted by Gasteiger charge is 2.29. The number of carbonyl (C=O) groups is 2. The highest BCUT2D eigenvalue weighted by atomic mass is 16.6. The topological polar surface area (TPSA) is 67.4 Å². The monoisotopic (exact) mass is 286 g/mol. The summed E-state index contributed by atoms with van der Waals surface area (Å²) in [5.74, 6) is -0.107. The Morgan fingerprint density at radius 3 is 1.75 bits per heavy atom. The fourth-order valence-electron chi connectivity index (χ4n) is 1.42. The van der Waals surface area contributed by atoms with E-state index in [1.165, 1.54) is 0 Å². The predicted molar refractivity (Wildman–Crippen MR) is 80.4 cm³/mol. The van der Waals surface area contributed by atoms with E-state index < -0.39 is 17.6 Å². The molecule has 2 amide bonds. The van der Waals surface area contributed by atoms with Gasteiger partial charge in [0.1, 0.15) is 11.6 Å². The number of carbonyl (C=O) groups excluding carboxylic acids is 2. The molecule has 2 unspecified atom stereocenters. The van der Waals surface area contributed by atoms with Gasteiger partial charge < -0.3 is 15.4 Å². The van der Waals surface area contributed by atoms with Gasteiger partial charge in [-0.3, -0.25) is 0 Å². The lowest BCUT2D eigenvalue weighted by Crippen LogP contribution is -2.52. The lowest BCUT2D eigenvalue weighted by molar-refractivity contribution is -0.158. The molecule has 0 saturated heterocycles. The molecule has 0 aromatic rings. The number of ether oxygens (including phenoxy) is 1.